The Balaban J connectivity index is 1.60. The Morgan fingerprint density at radius 3 is 2.44 bits per heavy atom. The van der Waals surface area contributed by atoms with E-state index in [1.807, 2.05) is 0 Å². The molecule has 0 heterocycles. The van der Waals surface area contributed by atoms with Gasteiger partial charge in [-0.05, 0) is 104 Å². The van der Waals surface area contributed by atoms with Crippen molar-refractivity contribution < 1.29 is 24.5 Å². The molecule has 0 bridgehead atoms. The molecule has 0 spiro atoms. The van der Waals surface area contributed by atoms with Crippen molar-refractivity contribution in [2.24, 2.45) is 52.3 Å². The number of rotatable bonds is 7. The van der Waals surface area contributed by atoms with E-state index in [9.17, 15) is 19.8 Å². The normalized spacial score (nSPS) is 48.8. The number of aliphatic hydroxyl groups is 1. The average molecular weight is 449 g/mol. The van der Waals surface area contributed by atoms with E-state index in [4.69, 9.17) is 4.74 Å². The molecular weight excluding hydrogens is 404 g/mol. The largest absolute Gasteiger partial charge is 0.481 e. The third-order valence-electron chi connectivity index (χ3n) is 11.2. The van der Waals surface area contributed by atoms with Crippen LogP contribution in [0.4, 0.5) is 0 Å². The van der Waals surface area contributed by atoms with Crippen molar-refractivity contribution in [2.45, 2.75) is 104 Å². The summed E-state index contributed by atoms with van der Waals surface area (Å²) in [6.07, 6.45) is 9.34. The third-order valence-corrected chi connectivity index (χ3v) is 11.2. The lowest BCUT2D eigenvalue weighted by atomic mass is 9.41. The highest BCUT2D eigenvalue weighted by Gasteiger charge is 2.65. The van der Waals surface area contributed by atoms with Crippen LogP contribution in [0.3, 0.4) is 0 Å². The molecule has 0 aromatic carbocycles. The Hall–Kier alpha value is -1.10. The summed E-state index contributed by atoms with van der Waals surface area (Å²) in [5.41, 5.74) is 0.418. The van der Waals surface area contributed by atoms with Crippen LogP contribution in [0.1, 0.15) is 91.9 Å². The Bertz CT molecular complexity index is 708. The van der Waals surface area contributed by atoms with Gasteiger partial charge in [0.2, 0.25) is 0 Å². The number of fused-ring (bicyclic) bond motifs is 5. The zero-order chi connectivity index (χ0) is 23.3. The highest BCUT2D eigenvalue weighted by Crippen LogP contribution is 2.69. The molecule has 0 saturated heterocycles. The standard InChI is InChI=1S/C27H44O5/c1-5-18-22-14-17(32-15-28)10-12-27(22,4)21-11-13-26(3)19(16(2)6-9-23(29)30)7-8-20(26)24(21)25(18)31/h15-22,24-25,31H,5-14H2,1-4H3,(H,29,30)/t16-,17-,18-,19?,20+,21+,22?,24+,25-,26?,27?/m1/s1. The number of carboxylic acids is 1. The first kappa shape index (κ1) is 24.0. The molecule has 0 aromatic heterocycles. The molecule has 0 radical (unpaired) electrons. The van der Waals surface area contributed by atoms with Gasteiger partial charge in [-0.2, -0.15) is 0 Å². The first-order valence-electron chi connectivity index (χ1n) is 13.2. The fourth-order valence-corrected chi connectivity index (χ4v) is 9.67. The predicted octanol–water partition coefficient (Wildman–Crippen LogP) is 5.29. The fourth-order valence-electron chi connectivity index (χ4n) is 9.67. The minimum absolute atomic E-state index is 0.00294. The molecule has 2 N–H and O–H groups in total. The van der Waals surface area contributed by atoms with E-state index in [0.29, 0.717) is 42.0 Å². The lowest BCUT2D eigenvalue weighted by molar-refractivity contribution is -0.205. The van der Waals surface area contributed by atoms with Gasteiger partial charge in [-0.15, -0.1) is 0 Å². The van der Waals surface area contributed by atoms with Crippen LogP contribution >= 0.6 is 0 Å². The molecule has 4 aliphatic rings. The monoisotopic (exact) mass is 448 g/mol. The number of aliphatic hydroxyl groups excluding tert-OH is 1. The average Bonchev–Trinajstić information content (AvgIpc) is 3.10. The summed E-state index contributed by atoms with van der Waals surface area (Å²) in [6, 6.07) is 0. The van der Waals surface area contributed by atoms with Gasteiger partial charge in [-0.3, -0.25) is 9.59 Å². The maximum Gasteiger partial charge on any atom is 0.303 e. The molecule has 4 rings (SSSR count). The molecule has 4 fully saturated rings. The Morgan fingerprint density at radius 1 is 1.09 bits per heavy atom. The van der Waals surface area contributed by atoms with Crippen molar-refractivity contribution in [3.8, 4) is 0 Å². The Morgan fingerprint density at radius 2 is 1.78 bits per heavy atom. The first-order chi connectivity index (χ1) is 15.2. The van der Waals surface area contributed by atoms with E-state index in [-0.39, 0.29) is 35.4 Å². The fraction of sp³-hybridized carbons (Fsp3) is 0.926. The van der Waals surface area contributed by atoms with Gasteiger partial charge in [-0.1, -0.05) is 34.1 Å². The molecule has 5 heteroatoms. The topological polar surface area (TPSA) is 83.8 Å². The lowest BCUT2D eigenvalue weighted by Crippen LogP contribution is -2.62. The molecule has 4 saturated carbocycles. The SMILES string of the molecule is CC[C@@H]1C2C[C@H](OC=O)CCC2(C)[C@H]2CCC3(C)C([C@H](C)CCC(=O)O)CC[C@H]3[C@@H]2[C@@H]1O. The predicted molar refractivity (Wildman–Crippen MR) is 123 cm³/mol. The van der Waals surface area contributed by atoms with Gasteiger partial charge in [-0.25, -0.2) is 0 Å². The molecule has 4 aliphatic carbocycles. The number of aliphatic carboxylic acids is 1. The first-order valence-corrected chi connectivity index (χ1v) is 13.2. The summed E-state index contributed by atoms with van der Waals surface area (Å²) in [4.78, 5) is 22.1. The minimum atomic E-state index is -0.693. The highest BCUT2D eigenvalue weighted by molar-refractivity contribution is 5.66. The van der Waals surface area contributed by atoms with Gasteiger partial charge in [0, 0.05) is 6.42 Å². The molecule has 11 atom stereocenters. The zero-order valence-corrected chi connectivity index (χ0v) is 20.5. The van der Waals surface area contributed by atoms with Crippen molar-refractivity contribution in [2.75, 3.05) is 0 Å². The second kappa shape index (κ2) is 8.92. The number of hydrogen-bond acceptors (Lipinski definition) is 4. The van der Waals surface area contributed by atoms with E-state index in [1.54, 1.807) is 0 Å². The Kier molecular flexibility index (Phi) is 6.70. The van der Waals surface area contributed by atoms with E-state index < -0.39 is 5.97 Å². The molecular formula is C27H44O5. The molecule has 0 amide bonds. The van der Waals surface area contributed by atoms with Crippen LogP contribution in [0.15, 0.2) is 0 Å². The van der Waals surface area contributed by atoms with Crippen LogP contribution in [-0.2, 0) is 14.3 Å². The van der Waals surface area contributed by atoms with Crippen molar-refractivity contribution in [1.29, 1.82) is 0 Å². The van der Waals surface area contributed by atoms with Crippen molar-refractivity contribution >= 4 is 12.4 Å². The molecule has 4 unspecified atom stereocenters. The summed E-state index contributed by atoms with van der Waals surface area (Å²) in [5.74, 6) is 2.38. The maximum atomic E-state index is 11.8. The Labute approximate surface area is 193 Å². The second-order valence-corrected chi connectivity index (χ2v) is 12.2. The maximum absolute atomic E-state index is 11.8. The summed E-state index contributed by atoms with van der Waals surface area (Å²) < 4.78 is 5.40. The molecule has 32 heavy (non-hydrogen) atoms. The van der Waals surface area contributed by atoms with Gasteiger partial charge in [0.05, 0.1) is 6.10 Å². The second-order valence-electron chi connectivity index (χ2n) is 12.2. The van der Waals surface area contributed by atoms with Crippen LogP contribution in [0.5, 0.6) is 0 Å². The summed E-state index contributed by atoms with van der Waals surface area (Å²) in [5, 5.41) is 21.0. The van der Waals surface area contributed by atoms with Crippen LogP contribution in [0.25, 0.3) is 0 Å². The van der Waals surface area contributed by atoms with Crippen molar-refractivity contribution in [1.82, 2.24) is 0 Å². The molecule has 0 aromatic rings. The van der Waals surface area contributed by atoms with Gasteiger partial charge in [0.1, 0.15) is 6.10 Å². The van der Waals surface area contributed by atoms with Crippen LogP contribution < -0.4 is 0 Å². The number of carboxylic acid groups (broad SMARTS) is 1. The van der Waals surface area contributed by atoms with Gasteiger partial charge in [0.25, 0.3) is 6.47 Å². The number of ether oxygens (including phenoxy) is 1. The van der Waals surface area contributed by atoms with E-state index in [1.165, 1.54) is 25.7 Å². The number of carbonyl (C=O) groups excluding carboxylic acids is 1. The van der Waals surface area contributed by atoms with Crippen LogP contribution in [0.2, 0.25) is 0 Å². The highest BCUT2D eigenvalue weighted by atomic mass is 16.5. The van der Waals surface area contributed by atoms with Gasteiger partial charge >= 0.3 is 5.97 Å². The van der Waals surface area contributed by atoms with Gasteiger partial charge in [0.15, 0.2) is 0 Å². The van der Waals surface area contributed by atoms with E-state index >= 15 is 0 Å². The summed E-state index contributed by atoms with van der Waals surface area (Å²) in [6.45, 7) is 10.0. The summed E-state index contributed by atoms with van der Waals surface area (Å²) >= 11 is 0. The molecule has 0 aliphatic heterocycles. The molecule has 5 nitrogen and oxygen atoms in total. The van der Waals surface area contributed by atoms with Crippen LogP contribution in [-0.4, -0.2) is 34.9 Å². The van der Waals surface area contributed by atoms with E-state index in [2.05, 4.69) is 27.7 Å². The molecule has 182 valence electrons. The number of carbonyl (C=O) groups is 2. The van der Waals surface area contributed by atoms with Crippen molar-refractivity contribution in [3.05, 3.63) is 0 Å². The summed E-state index contributed by atoms with van der Waals surface area (Å²) in [7, 11) is 0. The van der Waals surface area contributed by atoms with Gasteiger partial charge < -0.3 is 14.9 Å². The third kappa shape index (κ3) is 3.71. The smallest absolute Gasteiger partial charge is 0.303 e. The minimum Gasteiger partial charge on any atom is -0.481 e. The van der Waals surface area contributed by atoms with Crippen molar-refractivity contribution in [3.63, 3.8) is 0 Å². The van der Waals surface area contributed by atoms with E-state index in [0.717, 1.165) is 32.1 Å². The lowest BCUT2D eigenvalue weighted by Gasteiger charge is -2.64. The number of hydrogen-bond donors (Lipinski definition) is 2. The zero-order valence-electron chi connectivity index (χ0n) is 20.5. The quantitative estimate of drug-likeness (QED) is 0.517. The van der Waals surface area contributed by atoms with Crippen LogP contribution in [0, 0.1) is 52.3 Å².